The zero-order valence-electron chi connectivity index (χ0n) is 29.7. The molecule has 9 rings (SSSR count). The third kappa shape index (κ3) is 5.54. The molecule has 0 aliphatic rings. The summed E-state index contributed by atoms with van der Waals surface area (Å²) in [6.07, 6.45) is 0. The number of hydrogen-bond donors (Lipinski definition) is 0. The Morgan fingerprint density at radius 2 is 1.06 bits per heavy atom. The van der Waals surface area contributed by atoms with Crippen LogP contribution in [0, 0.1) is 0 Å². The Hall–Kier alpha value is -6.38. The molecule has 9 aromatic rings. The largest absolute Gasteiger partial charge is 0.455 e. The van der Waals surface area contributed by atoms with Gasteiger partial charge in [-0.15, -0.1) is 0 Å². The lowest BCUT2D eigenvalue weighted by molar-refractivity contribution is 0.590. The summed E-state index contributed by atoms with van der Waals surface area (Å²) >= 11 is 0. The average molecular weight is 670 g/mol. The number of furan rings is 1. The van der Waals surface area contributed by atoms with Crippen molar-refractivity contribution in [1.82, 2.24) is 0 Å². The van der Waals surface area contributed by atoms with Crippen LogP contribution in [-0.2, 0) is 5.41 Å². The van der Waals surface area contributed by atoms with E-state index in [0.29, 0.717) is 0 Å². The number of benzene rings is 8. The molecule has 250 valence electrons. The van der Waals surface area contributed by atoms with Crippen molar-refractivity contribution >= 4 is 49.8 Å². The zero-order valence-corrected chi connectivity index (χ0v) is 29.7. The van der Waals surface area contributed by atoms with E-state index in [1.807, 2.05) is 12.1 Å². The maximum Gasteiger partial charge on any atom is 0.143 e. The van der Waals surface area contributed by atoms with Crippen LogP contribution < -0.4 is 4.90 Å². The molecule has 0 unspecified atom stereocenters. The van der Waals surface area contributed by atoms with Crippen LogP contribution in [-0.4, -0.2) is 0 Å². The molecule has 0 aliphatic heterocycles. The fourth-order valence-electron chi connectivity index (χ4n) is 7.64. The first-order valence-corrected chi connectivity index (χ1v) is 18.0. The third-order valence-corrected chi connectivity index (χ3v) is 10.2. The SMILES string of the molecule is CC(C)(C)c1ccc(N(c2cccc(-c3cccc4c3oc3ccccc34)c2)c2ccccc2-c2cccc3cccc(-c4ccccc4)c23)cc1. The van der Waals surface area contributed by atoms with Crippen molar-refractivity contribution in [3.63, 3.8) is 0 Å². The molecule has 0 aliphatic carbocycles. The van der Waals surface area contributed by atoms with Gasteiger partial charge in [0.25, 0.3) is 0 Å². The average Bonchev–Trinajstić information content (AvgIpc) is 3.57. The Labute approximate surface area is 305 Å². The second-order valence-corrected chi connectivity index (χ2v) is 14.6. The molecule has 2 heteroatoms. The van der Waals surface area contributed by atoms with Crippen molar-refractivity contribution in [1.29, 1.82) is 0 Å². The van der Waals surface area contributed by atoms with Crippen LogP contribution in [0.3, 0.4) is 0 Å². The van der Waals surface area contributed by atoms with Crippen LogP contribution in [0.4, 0.5) is 17.1 Å². The summed E-state index contributed by atoms with van der Waals surface area (Å²) in [5.74, 6) is 0. The van der Waals surface area contributed by atoms with E-state index in [0.717, 1.165) is 50.1 Å². The number of para-hydroxylation sites is 3. The van der Waals surface area contributed by atoms with E-state index in [4.69, 9.17) is 4.42 Å². The minimum Gasteiger partial charge on any atom is -0.455 e. The van der Waals surface area contributed by atoms with Gasteiger partial charge in [-0.3, -0.25) is 0 Å². The van der Waals surface area contributed by atoms with E-state index in [2.05, 4.69) is 196 Å². The van der Waals surface area contributed by atoms with Crippen LogP contribution >= 0.6 is 0 Å². The van der Waals surface area contributed by atoms with E-state index < -0.39 is 0 Å². The van der Waals surface area contributed by atoms with Crippen molar-refractivity contribution in [2.24, 2.45) is 0 Å². The lowest BCUT2D eigenvalue weighted by atomic mass is 9.87. The van der Waals surface area contributed by atoms with Gasteiger partial charge in [-0.05, 0) is 80.4 Å². The monoisotopic (exact) mass is 669 g/mol. The Kier molecular flexibility index (Phi) is 7.74. The molecule has 0 saturated carbocycles. The molecule has 52 heavy (non-hydrogen) atoms. The summed E-state index contributed by atoms with van der Waals surface area (Å²) in [6.45, 7) is 6.80. The lowest BCUT2D eigenvalue weighted by Crippen LogP contribution is -2.14. The first-order chi connectivity index (χ1) is 25.4. The van der Waals surface area contributed by atoms with Gasteiger partial charge in [0.05, 0.1) is 5.69 Å². The lowest BCUT2D eigenvalue weighted by Gasteiger charge is -2.29. The Balaban J connectivity index is 1.27. The van der Waals surface area contributed by atoms with Gasteiger partial charge in [0.15, 0.2) is 0 Å². The van der Waals surface area contributed by atoms with Crippen LogP contribution in [0.1, 0.15) is 26.3 Å². The van der Waals surface area contributed by atoms with Crippen molar-refractivity contribution in [2.45, 2.75) is 26.2 Å². The van der Waals surface area contributed by atoms with E-state index in [-0.39, 0.29) is 5.41 Å². The molecule has 1 aromatic heterocycles. The summed E-state index contributed by atoms with van der Waals surface area (Å²) in [6, 6.07) is 65.5. The predicted octanol–water partition coefficient (Wildman–Crippen LogP) is 14.5. The molecule has 8 aromatic carbocycles. The first-order valence-electron chi connectivity index (χ1n) is 18.0. The van der Waals surface area contributed by atoms with Gasteiger partial charge in [-0.2, -0.15) is 0 Å². The second kappa shape index (κ2) is 12.7. The van der Waals surface area contributed by atoms with E-state index >= 15 is 0 Å². The van der Waals surface area contributed by atoms with E-state index in [1.165, 1.54) is 38.6 Å². The molecule has 0 spiro atoms. The van der Waals surface area contributed by atoms with Crippen molar-refractivity contribution in [2.75, 3.05) is 4.90 Å². The standard InChI is InChI=1S/C50H39NO/c1-50(2,3)37-29-31-38(32-30-37)51(39-20-11-19-36(33-39)41-24-14-26-45-43-22-8-10-28-47(43)52-49(41)45)46-27-9-7-21-42(46)44-25-13-18-35-17-12-23-40(48(35)44)34-15-5-4-6-16-34/h4-33H,1-3H3. The minimum atomic E-state index is 0.0449. The van der Waals surface area contributed by atoms with Crippen LogP contribution in [0.15, 0.2) is 186 Å². The summed E-state index contributed by atoms with van der Waals surface area (Å²) in [5.41, 5.74) is 13.4. The number of anilines is 3. The normalized spacial score (nSPS) is 11.8. The zero-order chi connectivity index (χ0) is 35.2. The van der Waals surface area contributed by atoms with Gasteiger partial charge < -0.3 is 9.32 Å². The quantitative estimate of drug-likeness (QED) is 0.175. The molecule has 0 saturated heterocycles. The highest BCUT2D eigenvalue weighted by Gasteiger charge is 2.22. The van der Waals surface area contributed by atoms with Crippen molar-refractivity contribution < 1.29 is 4.42 Å². The molecule has 0 bridgehead atoms. The number of hydrogen-bond acceptors (Lipinski definition) is 2. The summed E-state index contributed by atoms with van der Waals surface area (Å²) in [4.78, 5) is 2.41. The predicted molar refractivity (Wildman–Crippen MR) is 221 cm³/mol. The molecule has 1 heterocycles. The molecule has 2 nitrogen and oxygen atoms in total. The molecular formula is C50H39NO. The molecule has 0 fully saturated rings. The Morgan fingerprint density at radius 3 is 1.87 bits per heavy atom. The highest BCUT2D eigenvalue weighted by molar-refractivity contribution is 6.10. The van der Waals surface area contributed by atoms with Gasteiger partial charge in [-0.1, -0.05) is 166 Å². The minimum absolute atomic E-state index is 0.0449. The summed E-state index contributed by atoms with van der Waals surface area (Å²) in [7, 11) is 0. The van der Waals surface area contributed by atoms with Gasteiger partial charge >= 0.3 is 0 Å². The van der Waals surface area contributed by atoms with Crippen molar-refractivity contribution in [3.05, 3.63) is 188 Å². The van der Waals surface area contributed by atoms with Gasteiger partial charge in [-0.25, -0.2) is 0 Å². The van der Waals surface area contributed by atoms with Crippen LogP contribution in [0.2, 0.25) is 0 Å². The number of fused-ring (bicyclic) bond motifs is 4. The van der Waals surface area contributed by atoms with Gasteiger partial charge in [0.2, 0.25) is 0 Å². The molecule has 0 radical (unpaired) electrons. The molecule has 0 amide bonds. The Bertz CT molecular complexity index is 2710. The Morgan fingerprint density at radius 1 is 0.442 bits per heavy atom. The van der Waals surface area contributed by atoms with E-state index in [9.17, 15) is 0 Å². The highest BCUT2D eigenvalue weighted by atomic mass is 16.3. The maximum atomic E-state index is 6.50. The highest BCUT2D eigenvalue weighted by Crippen LogP contribution is 2.46. The fraction of sp³-hybridized carbons (Fsp3) is 0.0800. The first kappa shape index (κ1) is 31.6. The van der Waals surface area contributed by atoms with Crippen LogP contribution in [0.25, 0.3) is 66.1 Å². The number of rotatable bonds is 6. The van der Waals surface area contributed by atoms with Crippen LogP contribution in [0.5, 0.6) is 0 Å². The summed E-state index contributed by atoms with van der Waals surface area (Å²) in [5, 5.41) is 4.73. The fourth-order valence-corrected chi connectivity index (χ4v) is 7.64. The molecule has 0 atom stereocenters. The smallest absolute Gasteiger partial charge is 0.143 e. The van der Waals surface area contributed by atoms with Gasteiger partial charge in [0, 0.05) is 33.3 Å². The van der Waals surface area contributed by atoms with Crippen molar-refractivity contribution in [3.8, 4) is 33.4 Å². The topological polar surface area (TPSA) is 16.4 Å². The number of nitrogens with zero attached hydrogens (tertiary/aromatic N) is 1. The third-order valence-electron chi connectivity index (χ3n) is 10.2. The van der Waals surface area contributed by atoms with E-state index in [1.54, 1.807) is 0 Å². The second-order valence-electron chi connectivity index (χ2n) is 14.6. The molecular weight excluding hydrogens is 631 g/mol. The maximum absolute atomic E-state index is 6.50. The molecule has 0 N–H and O–H groups in total. The summed E-state index contributed by atoms with van der Waals surface area (Å²) < 4.78 is 6.50. The van der Waals surface area contributed by atoms with Gasteiger partial charge in [0.1, 0.15) is 11.2 Å².